The quantitative estimate of drug-likeness (QED) is 0.627. The number of hydrogen-bond acceptors (Lipinski definition) is 6. The van der Waals surface area contributed by atoms with E-state index in [1.54, 1.807) is 30.3 Å². The molecule has 1 N–H and O–H groups in total. The van der Waals surface area contributed by atoms with Crippen LogP contribution in [0.15, 0.2) is 45.4 Å². The Morgan fingerprint density at radius 1 is 1.24 bits per heavy atom. The summed E-state index contributed by atoms with van der Waals surface area (Å²) >= 11 is 11.9. The highest BCUT2D eigenvalue weighted by Gasteiger charge is 2.29. The predicted octanol–water partition coefficient (Wildman–Crippen LogP) is 4.97. The molecule has 3 heterocycles. The number of rotatable bonds is 4. The minimum atomic E-state index is -0.154. The summed E-state index contributed by atoms with van der Waals surface area (Å²) in [5.41, 5.74) is 0.812. The first-order valence-electron chi connectivity index (χ1n) is 9.01. The molecule has 1 aromatic carbocycles. The lowest BCUT2D eigenvalue weighted by molar-refractivity contribution is -0.120. The van der Waals surface area contributed by atoms with Gasteiger partial charge in [0.25, 0.3) is 5.89 Å². The van der Waals surface area contributed by atoms with Gasteiger partial charge in [-0.15, -0.1) is 0 Å². The number of carbonyl (C=O) groups is 1. The van der Waals surface area contributed by atoms with E-state index >= 15 is 0 Å². The van der Waals surface area contributed by atoms with Gasteiger partial charge in [-0.2, -0.15) is 10.2 Å². The highest BCUT2D eigenvalue weighted by molar-refractivity contribution is 6.42. The number of furan rings is 1. The van der Waals surface area contributed by atoms with Crippen LogP contribution in [0, 0.1) is 17.2 Å². The highest BCUT2D eigenvalue weighted by atomic mass is 35.5. The molecule has 9 heteroatoms. The first-order chi connectivity index (χ1) is 14.0. The Morgan fingerprint density at radius 3 is 2.69 bits per heavy atom. The number of hydrogen-bond donors (Lipinski definition) is 1. The van der Waals surface area contributed by atoms with Gasteiger partial charge in [-0.3, -0.25) is 4.79 Å². The molecule has 0 unspecified atom stereocenters. The number of anilines is 2. The zero-order chi connectivity index (χ0) is 20.4. The van der Waals surface area contributed by atoms with Crippen LogP contribution in [0.2, 0.25) is 10.0 Å². The number of carbonyl (C=O) groups excluding carboxylic acids is 1. The van der Waals surface area contributed by atoms with Gasteiger partial charge in [0.2, 0.25) is 17.5 Å². The van der Waals surface area contributed by atoms with E-state index in [-0.39, 0.29) is 23.4 Å². The molecule has 2 aromatic heterocycles. The van der Waals surface area contributed by atoms with Crippen LogP contribution in [0.3, 0.4) is 0 Å². The molecule has 0 spiro atoms. The third kappa shape index (κ3) is 4.09. The first kappa shape index (κ1) is 19.4. The second-order valence-corrected chi connectivity index (χ2v) is 7.46. The summed E-state index contributed by atoms with van der Waals surface area (Å²) in [5.74, 6) is 0.906. The number of benzene rings is 1. The molecule has 4 rings (SSSR count). The summed E-state index contributed by atoms with van der Waals surface area (Å²) in [6, 6.07) is 10.5. The maximum Gasteiger partial charge on any atom is 0.266 e. The molecule has 148 valence electrons. The molecule has 0 saturated carbocycles. The number of oxazole rings is 1. The van der Waals surface area contributed by atoms with Crippen molar-refractivity contribution >= 4 is 40.7 Å². The Morgan fingerprint density at radius 2 is 2.03 bits per heavy atom. The van der Waals surface area contributed by atoms with Crippen molar-refractivity contribution in [2.45, 2.75) is 12.8 Å². The van der Waals surface area contributed by atoms with Gasteiger partial charge >= 0.3 is 0 Å². The predicted molar refractivity (Wildman–Crippen MR) is 109 cm³/mol. The topological polar surface area (TPSA) is 95.3 Å². The van der Waals surface area contributed by atoms with Gasteiger partial charge in [0.05, 0.1) is 16.3 Å². The van der Waals surface area contributed by atoms with Crippen LogP contribution in [-0.2, 0) is 4.79 Å². The number of piperidine rings is 1. The molecule has 1 fully saturated rings. The fourth-order valence-corrected chi connectivity index (χ4v) is 3.57. The molecule has 0 radical (unpaired) electrons. The molecular weight excluding hydrogens is 415 g/mol. The number of nitriles is 1. The van der Waals surface area contributed by atoms with Crippen LogP contribution in [0.4, 0.5) is 11.6 Å². The summed E-state index contributed by atoms with van der Waals surface area (Å²) in [6.07, 6.45) is 2.76. The number of amides is 1. The summed E-state index contributed by atoms with van der Waals surface area (Å²) in [5, 5.41) is 13.1. The molecule has 0 bridgehead atoms. The van der Waals surface area contributed by atoms with Crippen molar-refractivity contribution in [3.05, 3.63) is 52.3 Å². The second-order valence-electron chi connectivity index (χ2n) is 6.64. The molecule has 0 aliphatic carbocycles. The van der Waals surface area contributed by atoms with E-state index in [0.29, 0.717) is 53.3 Å². The van der Waals surface area contributed by atoms with Gasteiger partial charge in [0, 0.05) is 24.7 Å². The van der Waals surface area contributed by atoms with E-state index in [1.165, 1.54) is 6.26 Å². The normalized spacial score (nSPS) is 14.6. The molecule has 1 amide bonds. The summed E-state index contributed by atoms with van der Waals surface area (Å²) in [7, 11) is 0. The van der Waals surface area contributed by atoms with E-state index in [1.807, 2.05) is 4.90 Å². The minimum Gasteiger partial charge on any atom is -0.459 e. The Kier molecular flexibility index (Phi) is 5.47. The van der Waals surface area contributed by atoms with Crippen molar-refractivity contribution in [1.29, 1.82) is 5.26 Å². The molecule has 1 aliphatic rings. The van der Waals surface area contributed by atoms with E-state index in [9.17, 15) is 10.1 Å². The Labute approximate surface area is 176 Å². The Bertz CT molecular complexity index is 1060. The molecule has 1 saturated heterocycles. The zero-order valence-corrected chi connectivity index (χ0v) is 16.7. The van der Waals surface area contributed by atoms with Crippen molar-refractivity contribution in [3.8, 4) is 17.7 Å². The van der Waals surface area contributed by atoms with Crippen molar-refractivity contribution in [2.24, 2.45) is 5.92 Å². The van der Waals surface area contributed by atoms with Crippen molar-refractivity contribution < 1.29 is 13.6 Å². The fraction of sp³-hybridized carbons (Fsp3) is 0.250. The molecular formula is C20H16Cl2N4O3. The van der Waals surface area contributed by atoms with Gasteiger partial charge < -0.3 is 19.1 Å². The maximum absolute atomic E-state index is 12.6. The lowest BCUT2D eigenvalue weighted by Gasteiger charge is -2.31. The Balaban J connectivity index is 1.41. The number of nitrogens with one attached hydrogen (secondary N) is 1. The van der Waals surface area contributed by atoms with E-state index in [2.05, 4.69) is 16.4 Å². The van der Waals surface area contributed by atoms with Crippen LogP contribution in [0.25, 0.3) is 11.7 Å². The lowest BCUT2D eigenvalue weighted by Crippen LogP contribution is -2.38. The van der Waals surface area contributed by atoms with Crippen LogP contribution < -0.4 is 10.2 Å². The van der Waals surface area contributed by atoms with Gasteiger partial charge in [-0.05, 0) is 43.2 Å². The van der Waals surface area contributed by atoms with Gasteiger partial charge in [-0.25, -0.2) is 0 Å². The van der Waals surface area contributed by atoms with E-state index in [0.717, 1.165) is 0 Å². The monoisotopic (exact) mass is 430 g/mol. The number of halogens is 2. The fourth-order valence-electron chi connectivity index (χ4n) is 3.27. The summed E-state index contributed by atoms with van der Waals surface area (Å²) in [6.45, 7) is 1.14. The number of nitrogens with zero attached hydrogens (tertiary/aromatic N) is 3. The molecule has 0 atom stereocenters. The average molecular weight is 431 g/mol. The average Bonchev–Trinajstić information content (AvgIpc) is 3.40. The van der Waals surface area contributed by atoms with Crippen molar-refractivity contribution in [1.82, 2.24) is 4.98 Å². The molecule has 29 heavy (non-hydrogen) atoms. The van der Waals surface area contributed by atoms with Gasteiger partial charge in [0.15, 0.2) is 5.76 Å². The first-order valence-corrected chi connectivity index (χ1v) is 9.76. The SMILES string of the molecule is N#Cc1nc(-c2ccco2)oc1N1CCC(C(=O)Nc2ccc(Cl)c(Cl)c2)CC1. The molecule has 3 aromatic rings. The lowest BCUT2D eigenvalue weighted by atomic mass is 9.96. The van der Waals surface area contributed by atoms with E-state index < -0.39 is 0 Å². The van der Waals surface area contributed by atoms with Crippen LogP contribution in [0.5, 0.6) is 0 Å². The minimum absolute atomic E-state index is 0.0719. The standard InChI is InChI=1S/C20H16Cl2N4O3/c21-14-4-3-13(10-15(14)22)24-18(27)12-5-7-26(8-6-12)20-16(11-23)25-19(29-20)17-2-1-9-28-17/h1-4,9-10,12H,5-8H2,(H,24,27). The van der Waals surface area contributed by atoms with Crippen LogP contribution in [0.1, 0.15) is 18.5 Å². The largest absolute Gasteiger partial charge is 0.459 e. The second kappa shape index (κ2) is 8.19. The molecule has 1 aliphatic heterocycles. The third-order valence-electron chi connectivity index (χ3n) is 4.79. The molecule has 7 nitrogen and oxygen atoms in total. The zero-order valence-electron chi connectivity index (χ0n) is 15.2. The van der Waals surface area contributed by atoms with Gasteiger partial charge in [0.1, 0.15) is 6.07 Å². The van der Waals surface area contributed by atoms with Gasteiger partial charge in [-0.1, -0.05) is 23.2 Å². The smallest absolute Gasteiger partial charge is 0.266 e. The number of aromatic nitrogens is 1. The Hall–Kier alpha value is -2.95. The summed E-state index contributed by atoms with van der Waals surface area (Å²) < 4.78 is 11.1. The highest BCUT2D eigenvalue weighted by Crippen LogP contribution is 2.32. The third-order valence-corrected chi connectivity index (χ3v) is 5.53. The van der Waals surface area contributed by atoms with Crippen molar-refractivity contribution in [2.75, 3.05) is 23.3 Å². The van der Waals surface area contributed by atoms with E-state index in [4.69, 9.17) is 32.0 Å². The summed E-state index contributed by atoms with van der Waals surface area (Å²) in [4.78, 5) is 18.7. The maximum atomic E-state index is 12.6. The van der Waals surface area contributed by atoms with Crippen LogP contribution >= 0.6 is 23.2 Å². The van der Waals surface area contributed by atoms with Crippen LogP contribution in [-0.4, -0.2) is 24.0 Å². The van der Waals surface area contributed by atoms with Crippen molar-refractivity contribution in [3.63, 3.8) is 0 Å².